The molecular weight excluding hydrogens is 324 g/mol. The summed E-state index contributed by atoms with van der Waals surface area (Å²) in [6.45, 7) is 6.85. The van der Waals surface area contributed by atoms with E-state index in [1.54, 1.807) is 0 Å². The first-order chi connectivity index (χ1) is 12.8. The van der Waals surface area contributed by atoms with Gasteiger partial charge in [-0.15, -0.1) is 0 Å². The fourth-order valence-electron chi connectivity index (χ4n) is 4.32. The number of fused-ring (bicyclic) bond motifs is 1. The van der Waals surface area contributed by atoms with Gasteiger partial charge in [0, 0.05) is 31.7 Å². The lowest BCUT2D eigenvalue weighted by molar-refractivity contribution is 0.158. The summed E-state index contributed by atoms with van der Waals surface area (Å²) in [4.78, 5) is 20.8. The minimum atomic E-state index is 0.180. The summed E-state index contributed by atoms with van der Waals surface area (Å²) in [5, 5.41) is 3.42. The molecule has 0 bridgehead atoms. The smallest absolute Gasteiger partial charge is 0.257 e. The summed E-state index contributed by atoms with van der Waals surface area (Å²) in [7, 11) is 0. The summed E-state index contributed by atoms with van der Waals surface area (Å²) >= 11 is 0. The molecule has 0 saturated carbocycles. The van der Waals surface area contributed by atoms with E-state index in [0.717, 1.165) is 74.5 Å². The van der Waals surface area contributed by atoms with Gasteiger partial charge in [0.05, 0.1) is 18.3 Å². The Labute approximate surface area is 155 Å². The molecular formula is C21H28N4O. The summed E-state index contributed by atoms with van der Waals surface area (Å²) in [5.41, 5.74) is 3.33. The summed E-state index contributed by atoms with van der Waals surface area (Å²) in [6.07, 6.45) is 3.85. The minimum absolute atomic E-state index is 0.180. The molecule has 0 amide bonds. The highest BCUT2D eigenvalue weighted by Crippen LogP contribution is 2.26. The Hall–Kier alpha value is -1.98. The van der Waals surface area contributed by atoms with Crippen molar-refractivity contribution in [1.29, 1.82) is 0 Å². The van der Waals surface area contributed by atoms with Crippen molar-refractivity contribution in [3.05, 3.63) is 63.3 Å². The molecule has 5 heteroatoms. The normalized spacial score (nSPS) is 18.7. The molecule has 2 aromatic rings. The fourth-order valence-corrected chi connectivity index (χ4v) is 4.32. The van der Waals surface area contributed by atoms with Gasteiger partial charge in [-0.1, -0.05) is 37.3 Å². The zero-order chi connectivity index (χ0) is 17.9. The van der Waals surface area contributed by atoms with Crippen LogP contribution in [0.15, 0.2) is 35.1 Å². The van der Waals surface area contributed by atoms with Gasteiger partial charge in [-0.2, -0.15) is 0 Å². The Morgan fingerprint density at radius 1 is 1.15 bits per heavy atom. The number of rotatable bonds is 5. The molecule has 1 fully saturated rings. The molecule has 1 aliphatic carbocycles. The van der Waals surface area contributed by atoms with Gasteiger partial charge in [0.1, 0.15) is 5.82 Å². The molecule has 1 saturated heterocycles. The molecule has 1 aromatic heterocycles. The van der Waals surface area contributed by atoms with Crippen molar-refractivity contribution in [3.63, 3.8) is 0 Å². The summed E-state index contributed by atoms with van der Waals surface area (Å²) in [5.74, 6) is 0.962. The topological polar surface area (TPSA) is 50.2 Å². The lowest BCUT2D eigenvalue weighted by atomic mass is 10.1. The SMILES string of the molecule is CCC(c1nc2c(c(=O)n1Cc1ccccc1)CCC2)N1CCNCC1. The van der Waals surface area contributed by atoms with Crippen LogP contribution in [0.5, 0.6) is 0 Å². The predicted octanol–water partition coefficient (Wildman–Crippen LogP) is 2.14. The maximum atomic E-state index is 13.3. The first kappa shape index (κ1) is 17.4. The minimum Gasteiger partial charge on any atom is -0.314 e. The highest BCUT2D eigenvalue weighted by Gasteiger charge is 2.28. The molecule has 5 nitrogen and oxygen atoms in total. The largest absolute Gasteiger partial charge is 0.314 e. The molecule has 2 heterocycles. The average Bonchev–Trinajstić information content (AvgIpc) is 3.16. The van der Waals surface area contributed by atoms with Crippen LogP contribution in [0.2, 0.25) is 0 Å². The van der Waals surface area contributed by atoms with Crippen LogP contribution in [-0.2, 0) is 19.4 Å². The quantitative estimate of drug-likeness (QED) is 0.896. The van der Waals surface area contributed by atoms with Crippen LogP contribution in [-0.4, -0.2) is 40.6 Å². The number of piperazine rings is 1. The number of hydrogen-bond donors (Lipinski definition) is 1. The number of nitrogens with zero attached hydrogens (tertiary/aromatic N) is 3. The van der Waals surface area contributed by atoms with Gasteiger partial charge in [-0.05, 0) is 31.2 Å². The molecule has 0 radical (unpaired) electrons. The van der Waals surface area contributed by atoms with Crippen molar-refractivity contribution >= 4 is 0 Å². The van der Waals surface area contributed by atoms with E-state index in [2.05, 4.69) is 29.3 Å². The number of aromatic nitrogens is 2. The van der Waals surface area contributed by atoms with E-state index in [1.165, 1.54) is 0 Å². The Balaban J connectivity index is 1.78. The molecule has 4 rings (SSSR count). The van der Waals surface area contributed by atoms with Crippen molar-refractivity contribution < 1.29 is 0 Å². The van der Waals surface area contributed by atoms with Crippen molar-refractivity contribution in [2.75, 3.05) is 26.2 Å². The Morgan fingerprint density at radius 2 is 1.92 bits per heavy atom. The molecule has 1 atom stereocenters. The van der Waals surface area contributed by atoms with Crippen molar-refractivity contribution in [2.24, 2.45) is 0 Å². The number of benzene rings is 1. The van der Waals surface area contributed by atoms with Gasteiger partial charge >= 0.3 is 0 Å². The molecule has 1 N–H and O–H groups in total. The van der Waals surface area contributed by atoms with Crippen LogP contribution in [0.3, 0.4) is 0 Å². The van der Waals surface area contributed by atoms with Gasteiger partial charge < -0.3 is 5.32 Å². The number of nitrogens with one attached hydrogen (secondary N) is 1. The predicted molar refractivity (Wildman–Crippen MR) is 104 cm³/mol. The van der Waals surface area contributed by atoms with Crippen LogP contribution in [0.25, 0.3) is 0 Å². The molecule has 1 aliphatic heterocycles. The second-order valence-electron chi connectivity index (χ2n) is 7.34. The lowest BCUT2D eigenvalue weighted by Gasteiger charge is -2.35. The maximum Gasteiger partial charge on any atom is 0.257 e. The summed E-state index contributed by atoms with van der Waals surface area (Å²) < 4.78 is 1.95. The Kier molecular flexibility index (Phi) is 5.18. The monoisotopic (exact) mass is 352 g/mol. The van der Waals surface area contributed by atoms with Gasteiger partial charge in [-0.3, -0.25) is 14.3 Å². The van der Waals surface area contributed by atoms with Crippen LogP contribution in [0.1, 0.15) is 48.5 Å². The zero-order valence-electron chi connectivity index (χ0n) is 15.6. The van der Waals surface area contributed by atoms with E-state index in [4.69, 9.17) is 4.98 Å². The molecule has 1 aromatic carbocycles. The van der Waals surface area contributed by atoms with Crippen molar-refractivity contribution in [1.82, 2.24) is 19.8 Å². The zero-order valence-corrected chi connectivity index (χ0v) is 15.6. The summed E-state index contributed by atoms with van der Waals surface area (Å²) in [6, 6.07) is 10.5. The second kappa shape index (κ2) is 7.72. The van der Waals surface area contributed by atoms with Crippen LogP contribution >= 0.6 is 0 Å². The standard InChI is InChI=1S/C21H28N4O/c1-2-19(24-13-11-22-12-14-24)20-23-18-10-6-9-17(18)21(26)25(20)15-16-7-4-3-5-8-16/h3-5,7-8,19,22H,2,6,9-15H2,1H3. The number of hydrogen-bond acceptors (Lipinski definition) is 4. The molecule has 138 valence electrons. The third-order valence-electron chi connectivity index (χ3n) is 5.68. The first-order valence-electron chi connectivity index (χ1n) is 9.89. The first-order valence-corrected chi connectivity index (χ1v) is 9.89. The highest BCUT2D eigenvalue weighted by molar-refractivity contribution is 5.26. The Morgan fingerprint density at radius 3 is 2.65 bits per heavy atom. The van der Waals surface area contributed by atoms with E-state index in [0.29, 0.717) is 6.54 Å². The van der Waals surface area contributed by atoms with Crippen LogP contribution in [0, 0.1) is 0 Å². The van der Waals surface area contributed by atoms with E-state index in [-0.39, 0.29) is 11.6 Å². The van der Waals surface area contributed by atoms with Gasteiger partial charge in [-0.25, -0.2) is 4.98 Å². The lowest BCUT2D eigenvalue weighted by Crippen LogP contribution is -2.46. The molecule has 1 unspecified atom stereocenters. The van der Waals surface area contributed by atoms with Crippen molar-refractivity contribution in [2.45, 2.75) is 45.2 Å². The molecule has 26 heavy (non-hydrogen) atoms. The Bertz CT molecular complexity index is 809. The molecule has 0 spiro atoms. The van der Waals surface area contributed by atoms with E-state index < -0.39 is 0 Å². The van der Waals surface area contributed by atoms with E-state index in [9.17, 15) is 4.79 Å². The third-order valence-corrected chi connectivity index (χ3v) is 5.68. The van der Waals surface area contributed by atoms with Gasteiger partial charge in [0.2, 0.25) is 0 Å². The van der Waals surface area contributed by atoms with Gasteiger partial charge in [0.25, 0.3) is 5.56 Å². The number of aryl methyl sites for hydroxylation is 1. The van der Waals surface area contributed by atoms with Crippen LogP contribution < -0.4 is 10.9 Å². The van der Waals surface area contributed by atoms with E-state index in [1.807, 2.05) is 22.8 Å². The van der Waals surface area contributed by atoms with Crippen LogP contribution in [0.4, 0.5) is 0 Å². The average molecular weight is 352 g/mol. The van der Waals surface area contributed by atoms with Crippen molar-refractivity contribution in [3.8, 4) is 0 Å². The maximum absolute atomic E-state index is 13.3. The second-order valence-corrected chi connectivity index (χ2v) is 7.34. The fraction of sp³-hybridized carbons (Fsp3) is 0.524. The highest BCUT2D eigenvalue weighted by atomic mass is 16.1. The molecule has 2 aliphatic rings. The van der Waals surface area contributed by atoms with Gasteiger partial charge in [0.15, 0.2) is 0 Å². The van der Waals surface area contributed by atoms with E-state index >= 15 is 0 Å². The third kappa shape index (κ3) is 3.33.